The minimum absolute atomic E-state index is 0.197. The molecule has 0 radical (unpaired) electrons. The minimum atomic E-state index is 0.197. The largest absolute Gasteiger partial charge is 0.342 e. The summed E-state index contributed by atoms with van der Waals surface area (Å²) in [6.07, 6.45) is 0. The van der Waals surface area contributed by atoms with E-state index in [0.29, 0.717) is 17.8 Å². The van der Waals surface area contributed by atoms with Crippen LogP contribution in [0.4, 0.5) is 0 Å². The highest BCUT2D eigenvalue weighted by atomic mass is 32.1. The zero-order chi connectivity index (χ0) is 19.4. The third-order valence-electron chi connectivity index (χ3n) is 5.57. The second-order valence-corrected chi connectivity index (χ2v) is 9.32. The molecular formula is C23H32N2OS. The van der Waals surface area contributed by atoms with E-state index in [2.05, 4.69) is 72.3 Å². The van der Waals surface area contributed by atoms with Gasteiger partial charge in [0.15, 0.2) is 0 Å². The number of carbonyl (C=O) groups excluding carboxylic acids is 1. The van der Waals surface area contributed by atoms with Crippen LogP contribution in [0.25, 0.3) is 0 Å². The van der Waals surface area contributed by atoms with E-state index < -0.39 is 0 Å². The lowest BCUT2D eigenvalue weighted by Gasteiger charge is -2.29. The van der Waals surface area contributed by atoms with Gasteiger partial charge < -0.3 is 4.90 Å². The van der Waals surface area contributed by atoms with Crippen LogP contribution in [0.3, 0.4) is 0 Å². The number of hydrogen-bond donors (Lipinski definition) is 0. The number of hydrogen-bond acceptors (Lipinski definition) is 3. The Morgan fingerprint density at radius 3 is 2.56 bits per heavy atom. The molecule has 1 aliphatic rings. The number of aryl methyl sites for hydroxylation is 1. The molecule has 1 aromatic heterocycles. The summed E-state index contributed by atoms with van der Waals surface area (Å²) < 4.78 is 0. The van der Waals surface area contributed by atoms with E-state index >= 15 is 0 Å². The molecule has 0 spiro atoms. The Bertz CT molecular complexity index is 740. The molecule has 0 saturated carbocycles. The van der Waals surface area contributed by atoms with Crippen molar-refractivity contribution in [3.05, 3.63) is 57.8 Å². The molecule has 3 rings (SSSR count). The van der Waals surface area contributed by atoms with Crippen LogP contribution < -0.4 is 0 Å². The molecule has 1 aliphatic heterocycles. The first-order valence-corrected chi connectivity index (χ1v) is 10.9. The second kappa shape index (κ2) is 9.03. The van der Waals surface area contributed by atoms with Crippen LogP contribution in [0.15, 0.2) is 41.8 Å². The molecule has 2 heterocycles. The van der Waals surface area contributed by atoms with Gasteiger partial charge in [0.2, 0.25) is 5.91 Å². The van der Waals surface area contributed by atoms with E-state index in [1.165, 1.54) is 16.0 Å². The molecule has 2 aromatic rings. The lowest BCUT2D eigenvalue weighted by molar-refractivity contribution is -0.130. The zero-order valence-electron chi connectivity index (χ0n) is 17.0. The molecule has 3 nitrogen and oxygen atoms in total. The summed E-state index contributed by atoms with van der Waals surface area (Å²) in [6.45, 7) is 13.1. The maximum Gasteiger partial charge on any atom is 0.219 e. The van der Waals surface area contributed by atoms with E-state index in [4.69, 9.17) is 0 Å². The molecule has 146 valence electrons. The second-order valence-electron chi connectivity index (χ2n) is 8.32. The van der Waals surface area contributed by atoms with E-state index in [1.807, 2.05) is 11.3 Å². The number of benzene rings is 1. The highest BCUT2D eigenvalue weighted by Gasteiger charge is 2.35. The molecule has 0 aliphatic carbocycles. The third-order valence-corrected chi connectivity index (χ3v) is 6.57. The Labute approximate surface area is 168 Å². The first-order valence-electron chi connectivity index (χ1n) is 9.99. The summed E-state index contributed by atoms with van der Waals surface area (Å²) in [4.78, 5) is 18.3. The van der Waals surface area contributed by atoms with E-state index in [-0.39, 0.29) is 5.91 Å². The SMILES string of the molecule is CC(=O)N(CC(C)C)C[C@H]1CN(Cc2sccc2C)C[C@@H]1c1ccccc1. The molecule has 1 amide bonds. The topological polar surface area (TPSA) is 23.6 Å². The predicted octanol–water partition coefficient (Wildman–Crippen LogP) is 4.78. The molecule has 1 aromatic carbocycles. The Morgan fingerprint density at radius 2 is 1.96 bits per heavy atom. The van der Waals surface area contributed by atoms with Gasteiger partial charge in [0.1, 0.15) is 0 Å². The Balaban J connectivity index is 1.77. The quantitative estimate of drug-likeness (QED) is 0.686. The molecule has 4 heteroatoms. The van der Waals surface area contributed by atoms with Crippen LogP contribution in [-0.2, 0) is 11.3 Å². The van der Waals surface area contributed by atoms with Gasteiger partial charge in [-0.1, -0.05) is 44.2 Å². The lowest BCUT2D eigenvalue weighted by atomic mass is 9.88. The summed E-state index contributed by atoms with van der Waals surface area (Å²) in [7, 11) is 0. The van der Waals surface area contributed by atoms with Crippen molar-refractivity contribution in [1.29, 1.82) is 0 Å². The van der Waals surface area contributed by atoms with Crippen LogP contribution in [0.5, 0.6) is 0 Å². The van der Waals surface area contributed by atoms with Gasteiger partial charge >= 0.3 is 0 Å². The summed E-state index contributed by atoms with van der Waals surface area (Å²) in [5.41, 5.74) is 2.80. The number of likely N-dealkylation sites (tertiary alicyclic amines) is 1. The molecule has 2 atom stereocenters. The van der Waals surface area contributed by atoms with Crippen molar-refractivity contribution in [3.63, 3.8) is 0 Å². The van der Waals surface area contributed by atoms with Crippen molar-refractivity contribution in [3.8, 4) is 0 Å². The van der Waals surface area contributed by atoms with Crippen molar-refractivity contribution in [1.82, 2.24) is 9.80 Å². The van der Waals surface area contributed by atoms with Crippen molar-refractivity contribution < 1.29 is 4.79 Å². The average molecular weight is 385 g/mol. The normalized spacial score (nSPS) is 20.3. The van der Waals surface area contributed by atoms with Crippen LogP contribution in [0.1, 0.15) is 42.7 Å². The molecule has 0 unspecified atom stereocenters. The standard InChI is InChI=1S/C23H32N2OS/c1-17(2)12-25(19(4)26)14-21-13-24(16-23-18(3)10-11-27-23)15-22(21)20-8-6-5-7-9-20/h5-11,17,21-22H,12-16H2,1-4H3/t21-,22-/m1/s1. The van der Waals surface area contributed by atoms with Gasteiger partial charge in [0, 0.05) is 50.4 Å². The molecule has 1 saturated heterocycles. The van der Waals surface area contributed by atoms with Crippen LogP contribution >= 0.6 is 11.3 Å². The number of amides is 1. The number of thiophene rings is 1. The molecule has 27 heavy (non-hydrogen) atoms. The van der Waals surface area contributed by atoms with Crippen LogP contribution in [0.2, 0.25) is 0 Å². The van der Waals surface area contributed by atoms with Gasteiger partial charge in [0.05, 0.1) is 0 Å². The van der Waals surface area contributed by atoms with Gasteiger partial charge in [-0.25, -0.2) is 0 Å². The van der Waals surface area contributed by atoms with E-state index in [0.717, 1.165) is 32.7 Å². The molecule has 0 bridgehead atoms. The fraction of sp³-hybridized carbons (Fsp3) is 0.522. The van der Waals surface area contributed by atoms with E-state index in [1.54, 1.807) is 6.92 Å². The Morgan fingerprint density at radius 1 is 1.22 bits per heavy atom. The molecule has 0 N–H and O–H groups in total. The van der Waals surface area contributed by atoms with Gasteiger partial charge in [-0.15, -0.1) is 11.3 Å². The van der Waals surface area contributed by atoms with Crippen molar-refractivity contribution in [2.75, 3.05) is 26.2 Å². The van der Waals surface area contributed by atoms with Gasteiger partial charge in [0.25, 0.3) is 0 Å². The summed E-state index contributed by atoms with van der Waals surface area (Å²) in [5, 5.41) is 2.19. The lowest BCUT2D eigenvalue weighted by Crippen LogP contribution is -2.38. The van der Waals surface area contributed by atoms with E-state index in [9.17, 15) is 4.79 Å². The number of nitrogens with zero attached hydrogens (tertiary/aromatic N) is 2. The molecular weight excluding hydrogens is 352 g/mol. The fourth-order valence-corrected chi connectivity index (χ4v) is 5.12. The van der Waals surface area contributed by atoms with Gasteiger partial charge in [-0.05, 0) is 41.3 Å². The smallest absolute Gasteiger partial charge is 0.219 e. The zero-order valence-corrected chi connectivity index (χ0v) is 17.8. The number of rotatable bonds is 7. The monoisotopic (exact) mass is 384 g/mol. The first kappa shape index (κ1) is 20.1. The van der Waals surface area contributed by atoms with Gasteiger partial charge in [-0.2, -0.15) is 0 Å². The summed E-state index contributed by atoms with van der Waals surface area (Å²) in [5.74, 6) is 1.66. The van der Waals surface area contributed by atoms with Crippen molar-refractivity contribution in [2.45, 2.75) is 40.2 Å². The minimum Gasteiger partial charge on any atom is -0.342 e. The van der Waals surface area contributed by atoms with Crippen LogP contribution in [-0.4, -0.2) is 41.9 Å². The van der Waals surface area contributed by atoms with Crippen LogP contribution in [0, 0.1) is 18.8 Å². The summed E-state index contributed by atoms with van der Waals surface area (Å²) in [6, 6.07) is 13.1. The Kier molecular flexibility index (Phi) is 6.72. The Hall–Kier alpha value is -1.65. The highest BCUT2D eigenvalue weighted by molar-refractivity contribution is 7.10. The fourth-order valence-electron chi connectivity index (χ4n) is 4.18. The average Bonchev–Trinajstić information content (AvgIpc) is 3.21. The van der Waals surface area contributed by atoms with Crippen molar-refractivity contribution in [2.24, 2.45) is 11.8 Å². The molecule has 1 fully saturated rings. The maximum atomic E-state index is 12.2. The van der Waals surface area contributed by atoms with Crippen molar-refractivity contribution >= 4 is 17.2 Å². The van der Waals surface area contributed by atoms with Gasteiger partial charge in [-0.3, -0.25) is 9.69 Å². The number of carbonyl (C=O) groups is 1. The first-order chi connectivity index (χ1) is 12.9. The maximum absolute atomic E-state index is 12.2. The highest BCUT2D eigenvalue weighted by Crippen LogP contribution is 2.35. The predicted molar refractivity (Wildman–Crippen MR) is 114 cm³/mol. The third kappa shape index (κ3) is 5.20. The summed E-state index contributed by atoms with van der Waals surface area (Å²) >= 11 is 1.86.